The fraction of sp³-hybridized carbons (Fsp3) is 0.429. The van der Waals surface area contributed by atoms with E-state index in [4.69, 9.17) is 4.52 Å². The minimum Gasteiger partial charge on any atom is -0.361 e. The molecular weight excluding hydrogens is 288 g/mol. The van der Waals surface area contributed by atoms with Gasteiger partial charge in [-0.2, -0.15) is 0 Å². The van der Waals surface area contributed by atoms with Gasteiger partial charge in [-0.25, -0.2) is 9.97 Å². The Kier molecular flexibility index (Phi) is 5.32. The molecule has 0 aliphatic heterocycles. The monoisotopic (exact) mass is 306 g/mol. The predicted octanol–water partition coefficient (Wildman–Crippen LogP) is 2.17. The first-order valence-corrected chi connectivity index (χ1v) is 7.90. The second-order valence-corrected chi connectivity index (χ2v) is 5.39. The van der Waals surface area contributed by atoms with Gasteiger partial charge in [0, 0.05) is 24.5 Å². The summed E-state index contributed by atoms with van der Waals surface area (Å²) in [6.07, 6.45) is 6.65. The van der Waals surface area contributed by atoms with Gasteiger partial charge in [0.25, 0.3) is 5.91 Å². The second kappa shape index (κ2) is 7.21. The van der Waals surface area contributed by atoms with Crippen LogP contribution in [0, 0.1) is 13.8 Å². The van der Waals surface area contributed by atoms with Crippen LogP contribution in [0.25, 0.3) is 0 Å². The van der Waals surface area contributed by atoms with E-state index >= 15 is 0 Å². The SMILES string of the molecule is CSc1ncc(C(=O)NCCCc2c(C)noc2C)cn1. The Balaban J connectivity index is 1.79. The Labute approximate surface area is 127 Å². The van der Waals surface area contributed by atoms with Crippen molar-refractivity contribution >= 4 is 17.7 Å². The Bertz CT molecular complexity index is 590. The molecule has 2 aromatic rings. The molecule has 0 bridgehead atoms. The normalized spacial score (nSPS) is 10.6. The largest absolute Gasteiger partial charge is 0.361 e. The summed E-state index contributed by atoms with van der Waals surface area (Å²) in [4.78, 5) is 20.1. The number of aryl methyl sites for hydroxylation is 2. The summed E-state index contributed by atoms with van der Waals surface area (Å²) in [7, 11) is 0. The molecule has 0 aliphatic carbocycles. The van der Waals surface area contributed by atoms with Crippen molar-refractivity contribution in [3.05, 3.63) is 35.0 Å². The Hall–Kier alpha value is -1.89. The minimum atomic E-state index is -0.151. The van der Waals surface area contributed by atoms with E-state index in [1.165, 1.54) is 11.8 Å². The topological polar surface area (TPSA) is 80.9 Å². The molecule has 0 saturated heterocycles. The quantitative estimate of drug-likeness (QED) is 0.500. The molecule has 0 atom stereocenters. The molecule has 0 aromatic carbocycles. The lowest BCUT2D eigenvalue weighted by molar-refractivity contribution is 0.0952. The van der Waals surface area contributed by atoms with Gasteiger partial charge in [-0.15, -0.1) is 0 Å². The zero-order chi connectivity index (χ0) is 15.2. The minimum absolute atomic E-state index is 0.151. The third-order valence-corrected chi connectivity index (χ3v) is 3.72. The van der Waals surface area contributed by atoms with Crippen LogP contribution < -0.4 is 5.32 Å². The molecule has 7 heteroatoms. The van der Waals surface area contributed by atoms with Crippen LogP contribution in [0.1, 0.15) is 33.8 Å². The third kappa shape index (κ3) is 4.04. The smallest absolute Gasteiger partial charge is 0.254 e. The van der Waals surface area contributed by atoms with Gasteiger partial charge >= 0.3 is 0 Å². The van der Waals surface area contributed by atoms with Gasteiger partial charge in [0.05, 0.1) is 11.3 Å². The van der Waals surface area contributed by atoms with Gasteiger partial charge in [0.15, 0.2) is 5.16 Å². The summed E-state index contributed by atoms with van der Waals surface area (Å²) >= 11 is 1.44. The molecule has 2 aromatic heterocycles. The first kappa shape index (κ1) is 15.5. The number of rotatable bonds is 6. The number of aromatic nitrogens is 3. The number of amides is 1. The Morgan fingerprint density at radius 1 is 1.33 bits per heavy atom. The molecule has 6 nitrogen and oxygen atoms in total. The van der Waals surface area contributed by atoms with Crippen molar-refractivity contribution in [1.29, 1.82) is 0 Å². The number of thioether (sulfide) groups is 1. The van der Waals surface area contributed by atoms with Crippen molar-refractivity contribution < 1.29 is 9.32 Å². The maximum absolute atomic E-state index is 11.9. The van der Waals surface area contributed by atoms with Gasteiger partial charge in [-0.3, -0.25) is 4.79 Å². The van der Waals surface area contributed by atoms with Crippen LogP contribution in [0.3, 0.4) is 0 Å². The molecule has 0 saturated carbocycles. The van der Waals surface area contributed by atoms with Crippen molar-refractivity contribution in [2.75, 3.05) is 12.8 Å². The highest BCUT2D eigenvalue weighted by Crippen LogP contribution is 2.13. The summed E-state index contributed by atoms with van der Waals surface area (Å²) in [5.41, 5.74) is 2.52. The molecule has 21 heavy (non-hydrogen) atoms. The van der Waals surface area contributed by atoms with Gasteiger partial charge in [-0.05, 0) is 32.9 Å². The van der Waals surface area contributed by atoms with E-state index in [1.54, 1.807) is 12.4 Å². The summed E-state index contributed by atoms with van der Waals surface area (Å²) in [6.45, 7) is 4.42. The molecule has 2 rings (SSSR count). The lowest BCUT2D eigenvalue weighted by Gasteiger charge is -2.05. The molecule has 1 amide bonds. The molecule has 0 fully saturated rings. The van der Waals surface area contributed by atoms with Crippen molar-refractivity contribution in [3.8, 4) is 0 Å². The fourth-order valence-electron chi connectivity index (χ4n) is 1.97. The first-order valence-electron chi connectivity index (χ1n) is 6.67. The molecule has 0 radical (unpaired) electrons. The maximum Gasteiger partial charge on any atom is 0.254 e. The van der Waals surface area contributed by atoms with Gasteiger partial charge in [-0.1, -0.05) is 16.9 Å². The molecule has 0 spiro atoms. The standard InChI is InChI=1S/C14H18N4O2S/c1-9-12(10(2)20-18-9)5-4-6-15-13(19)11-7-16-14(21-3)17-8-11/h7-8H,4-6H2,1-3H3,(H,15,19). The highest BCUT2D eigenvalue weighted by atomic mass is 32.2. The molecule has 112 valence electrons. The summed E-state index contributed by atoms with van der Waals surface area (Å²) in [6, 6.07) is 0. The fourth-order valence-corrected chi connectivity index (χ4v) is 2.28. The second-order valence-electron chi connectivity index (χ2n) is 4.62. The highest BCUT2D eigenvalue weighted by molar-refractivity contribution is 7.98. The van der Waals surface area contributed by atoms with Crippen LogP contribution in [0.4, 0.5) is 0 Å². The number of carbonyl (C=O) groups is 1. The lowest BCUT2D eigenvalue weighted by Crippen LogP contribution is -2.25. The number of hydrogen-bond donors (Lipinski definition) is 1. The van der Waals surface area contributed by atoms with Crippen LogP contribution in [0.15, 0.2) is 22.1 Å². The third-order valence-electron chi connectivity index (χ3n) is 3.14. The van der Waals surface area contributed by atoms with Crippen LogP contribution in [-0.4, -0.2) is 33.8 Å². The molecule has 0 aliphatic rings. The molecule has 1 N–H and O–H groups in total. The molecule has 0 unspecified atom stereocenters. The average Bonchev–Trinajstić information content (AvgIpc) is 2.82. The van der Waals surface area contributed by atoms with Crippen molar-refractivity contribution in [2.45, 2.75) is 31.8 Å². The van der Waals surface area contributed by atoms with E-state index in [0.29, 0.717) is 17.3 Å². The van der Waals surface area contributed by atoms with Gasteiger partial charge in [0.1, 0.15) is 5.76 Å². The Morgan fingerprint density at radius 2 is 2.05 bits per heavy atom. The average molecular weight is 306 g/mol. The Morgan fingerprint density at radius 3 is 2.62 bits per heavy atom. The number of nitrogens with zero attached hydrogens (tertiary/aromatic N) is 3. The van der Waals surface area contributed by atoms with E-state index in [1.807, 2.05) is 20.1 Å². The number of nitrogens with one attached hydrogen (secondary N) is 1. The molecular formula is C14H18N4O2S. The van der Waals surface area contributed by atoms with E-state index in [2.05, 4.69) is 20.4 Å². The van der Waals surface area contributed by atoms with Crippen molar-refractivity contribution in [2.24, 2.45) is 0 Å². The predicted molar refractivity (Wildman–Crippen MR) is 80.4 cm³/mol. The van der Waals surface area contributed by atoms with E-state index < -0.39 is 0 Å². The van der Waals surface area contributed by atoms with Crippen LogP contribution in [0.2, 0.25) is 0 Å². The number of carbonyl (C=O) groups excluding carboxylic acids is 1. The first-order chi connectivity index (χ1) is 10.1. The van der Waals surface area contributed by atoms with E-state index in [-0.39, 0.29) is 5.91 Å². The zero-order valence-electron chi connectivity index (χ0n) is 12.3. The molecule has 2 heterocycles. The van der Waals surface area contributed by atoms with Crippen molar-refractivity contribution in [1.82, 2.24) is 20.4 Å². The summed E-state index contributed by atoms with van der Waals surface area (Å²) < 4.78 is 5.11. The summed E-state index contributed by atoms with van der Waals surface area (Å²) in [5.74, 6) is 0.696. The highest BCUT2D eigenvalue weighted by Gasteiger charge is 2.09. The lowest BCUT2D eigenvalue weighted by atomic mass is 10.1. The van der Waals surface area contributed by atoms with Crippen LogP contribution >= 0.6 is 11.8 Å². The van der Waals surface area contributed by atoms with Crippen LogP contribution in [0.5, 0.6) is 0 Å². The van der Waals surface area contributed by atoms with Gasteiger partial charge < -0.3 is 9.84 Å². The van der Waals surface area contributed by atoms with E-state index in [0.717, 1.165) is 29.9 Å². The number of hydrogen-bond acceptors (Lipinski definition) is 6. The maximum atomic E-state index is 11.9. The van der Waals surface area contributed by atoms with Crippen molar-refractivity contribution in [3.63, 3.8) is 0 Å². The summed E-state index contributed by atoms with van der Waals surface area (Å²) in [5, 5.41) is 7.43. The van der Waals surface area contributed by atoms with Gasteiger partial charge in [0.2, 0.25) is 0 Å². The van der Waals surface area contributed by atoms with E-state index in [9.17, 15) is 4.79 Å². The zero-order valence-corrected chi connectivity index (χ0v) is 13.2. The van der Waals surface area contributed by atoms with Crippen LogP contribution in [-0.2, 0) is 6.42 Å².